The minimum absolute atomic E-state index is 0.238. The molecule has 1 aliphatic heterocycles. The maximum Gasteiger partial charge on any atom is 0.219 e. The molecule has 4 nitrogen and oxygen atoms in total. The van der Waals surface area contributed by atoms with Gasteiger partial charge in [-0.2, -0.15) is 4.98 Å². The van der Waals surface area contributed by atoms with E-state index in [0.717, 1.165) is 25.9 Å². The molecule has 1 aromatic heterocycles. The molecular formula is C10H14ClN3OS. The van der Waals surface area contributed by atoms with Crippen LogP contribution in [0.15, 0.2) is 11.2 Å². The standard InChI is InChI=1S/C10H14ClN3OS/c1-16-10-13-8(11)6-9(14-10)15-7-2-4-12-5-3-7/h6-7,12H,2-5H2,1H3. The van der Waals surface area contributed by atoms with Crippen LogP contribution in [0, 0.1) is 0 Å². The van der Waals surface area contributed by atoms with Gasteiger partial charge >= 0.3 is 0 Å². The van der Waals surface area contributed by atoms with Gasteiger partial charge in [0.25, 0.3) is 0 Å². The molecule has 1 N–H and O–H groups in total. The van der Waals surface area contributed by atoms with E-state index in [1.807, 2.05) is 6.26 Å². The lowest BCUT2D eigenvalue weighted by Crippen LogP contribution is -2.34. The van der Waals surface area contributed by atoms with Crippen LogP contribution in [0.2, 0.25) is 5.15 Å². The summed E-state index contributed by atoms with van der Waals surface area (Å²) in [4.78, 5) is 8.34. The third-order valence-electron chi connectivity index (χ3n) is 2.41. The van der Waals surface area contributed by atoms with Crippen molar-refractivity contribution in [2.75, 3.05) is 19.3 Å². The Kier molecular flexibility index (Phi) is 4.26. The Hall–Kier alpha value is -0.520. The van der Waals surface area contributed by atoms with Crippen molar-refractivity contribution in [3.8, 4) is 5.88 Å². The lowest BCUT2D eigenvalue weighted by atomic mass is 10.1. The fourth-order valence-corrected chi connectivity index (χ4v) is 2.21. The van der Waals surface area contributed by atoms with Crippen LogP contribution in [-0.4, -0.2) is 35.4 Å². The Morgan fingerprint density at radius 2 is 2.19 bits per heavy atom. The highest BCUT2D eigenvalue weighted by Crippen LogP contribution is 2.21. The fourth-order valence-electron chi connectivity index (χ4n) is 1.61. The molecule has 0 spiro atoms. The first-order valence-electron chi connectivity index (χ1n) is 5.24. The largest absolute Gasteiger partial charge is 0.474 e. The molecule has 0 aromatic carbocycles. The number of aromatic nitrogens is 2. The topological polar surface area (TPSA) is 47.0 Å². The zero-order chi connectivity index (χ0) is 11.4. The Morgan fingerprint density at radius 3 is 2.88 bits per heavy atom. The van der Waals surface area contributed by atoms with Crippen molar-refractivity contribution in [3.63, 3.8) is 0 Å². The predicted octanol–water partition coefficient (Wildman–Crippen LogP) is 1.98. The van der Waals surface area contributed by atoms with Crippen LogP contribution in [0.25, 0.3) is 0 Å². The van der Waals surface area contributed by atoms with Gasteiger partial charge in [-0.25, -0.2) is 4.98 Å². The van der Waals surface area contributed by atoms with E-state index < -0.39 is 0 Å². The van der Waals surface area contributed by atoms with E-state index in [1.54, 1.807) is 6.07 Å². The highest BCUT2D eigenvalue weighted by molar-refractivity contribution is 7.98. The minimum Gasteiger partial charge on any atom is -0.474 e. The summed E-state index contributed by atoms with van der Waals surface area (Å²) in [7, 11) is 0. The van der Waals surface area contributed by atoms with E-state index in [1.165, 1.54) is 11.8 Å². The second-order valence-electron chi connectivity index (χ2n) is 3.58. The van der Waals surface area contributed by atoms with Crippen LogP contribution in [0.1, 0.15) is 12.8 Å². The van der Waals surface area contributed by atoms with Crippen LogP contribution in [0.4, 0.5) is 0 Å². The molecule has 0 aliphatic carbocycles. The molecule has 2 rings (SSSR count). The summed E-state index contributed by atoms with van der Waals surface area (Å²) in [6.45, 7) is 2.00. The molecular weight excluding hydrogens is 246 g/mol. The quantitative estimate of drug-likeness (QED) is 0.511. The number of nitrogens with one attached hydrogen (secondary N) is 1. The molecule has 6 heteroatoms. The van der Waals surface area contributed by atoms with Gasteiger partial charge in [0.05, 0.1) is 0 Å². The average molecular weight is 260 g/mol. The smallest absolute Gasteiger partial charge is 0.219 e. The molecule has 1 aromatic rings. The zero-order valence-electron chi connectivity index (χ0n) is 9.07. The first kappa shape index (κ1) is 12.0. The molecule has 0 bridgehead atoms. The number of hydrogen-bond acceptors (Lipinski definition) is 5. The van der Waals surface area contributed by atoms with E-state index in [0.29, 0.717) is 16.2 Å². The monoisotopic (exact) mass is 259 g/mol. The number of hydrogen-bond donors (Lipinski definition) is 1. The van der Waals surface area contributed by atoms with Gasteiger partial charge in [0.1, 0.15) is 11.3 Å². The summed E-state index contributed by atoms with van der Waals surface area (Å²) < 4.78 is 5.79. The number of rotatable bonds is 3. The second-order valence-corrected chi connectivity index (χ2v) is 4.74. The zero-order valence-corrected chi connectivity index (χ0v) is 10.6. The van der Waals surface area contributed by atoms with Crippen LogP contribution >= 0.6 is 23.4 Å². The molecule has 0 atom stereocenters. The minimum atomic E-state index is 0.238. The molecule has 0 unspecified atom stereocenters. The van der Waals surface area contributed by atoms with Crippen LogP contribution in [0.3, 0.4) is 0 Å². The van der Waals surface area contributed by atoms with Gasteiger partial charge in [-0.15, -0.1) is 0 Å². The van der Waals surface area contributed by atoms with Gasteiger partial charge in [0.2, 0.25) is 5.88 Å². The molecule has 1 aliphatic rings. The van der Waals surface area contributed by atoms with Gasteiger partial charge in [-0.05, 0) is 32.2 Å². The maximum absolute atomic E-state index is 5.89. The third-order valence-corrected chi connectivity index (χ3v) is 3.15. The SMILES string of the molecule is CSc1nc(Cl)cc(OC2CCNCC2)n1. The Bertz CT molecular complexity index is 358. The van der Waals surface area contributed by atoms with Gasteiger partial charge < -0.3 is 10.1 Å². The lowest BCUT2D eigenvalue weighted by molar-refractivity contribution is 0.154. The third kappa shape index (κ3) is 3.23. The molecule has 0 radical (unpaired) electrons. The van der Waals surface area contributed by atoms with Crippen molar-refractivity contribution in [1.29, 1.82) is 0 Å². The summed E-state index contributed by atoms with van der Waals surface area (Å²) in [6, 6.07) is 1.67. The summed E-state index contributed by atoms with van der Waals surface area (Å²) in [5, 5.41) is 4.37. The number of halogens is 1. The Labute approximate surface area is 104 Å². The predicted molar refractivity (Wildman–Crippen MR) is 65.3 cm³/mol. The van der Waals surface area contributed by atoms with Gasteiger partial charge in [0, 0.05) is 6.07 Å². The molecule has 88 valence electrons. The van der Waals surface area contributed by atoms with Crippen molar-refractivity contribution in [1.82, 2.24) is 15.3 Å². The van der Waals surface area contributed by atoms with E-state index in [4.69, 9.17) is 16.3 Å². The van der Waals surface area contributed by atoms with E-state index in [-0.39, 0.29) is 6.10 Å². The van der Waals surface area contributed by atoms with Crippen molar-refractivity contribution in [3.05, 3.63) is 11.2 Å². The van der Waals surface area contributed by atoms with E-state index in [2.05, 4.69) is 15.3 Å². The van der Waals surface area contributed by atoms with Crippen LogP contribution < -0.4 is 10.1 Å². The number of nitrogens with zero attached hydrogens (tertiary/aromatic N) is 2. The van der Waals surface area contributed by atoms with Gasteiger partial charge in [-0.3, -0.25) is 0 Å². The second kappa shape index (κ2) is 5.70. The summed E-state index contributed by atoms with van der Waals surface area (Å²) in [5.74, 6) is 0.580. The first-order chi connectivity index (χ1) is 7.78. The summed E-state index contributed by atoms with van der Waals surface area (Å²) in [5.41, 5.74) is 0. The average Bonchev–Trinajstić information content (AvgIpc) is 2.29. The summed E-state index contributed by atoms with van der Waals surface area (Å²) >= 11 is 7.35. The lowest BCUT2D eigenvalue weighted by Gasteiger charge is -2.23. The van der Waals surface area contributed by atoms with Crippen molar-refractivity contribution < 1.29 is 4.74 Å². The molecule has 1 fully saturated rings. The van der Waals surface area contributed by atoms with Gasteiger partial charge in [0.15, 0.2) is 5.16 Å². The van der Waals surface area contributed by atoms with Crippen LogP contribution in [0.5, 0.6) is 5.88 Å². The fraction of sp³-hybridized carbons (Fsp3) is 0.600. The Morgan fingerprint density at radius 1 is 1.44 bits per heavy atom. The van der Waals surface area contributed by atoms with E-state index in [9.17, 15) is 0 Å². The number of thioether (sulfide) groups is 1. The molecule has 0 saturated carbocycles. The van der Waals surface area contributed by atoms with Crippen molar-refractivity contribution in [2.45, 2.75) is 24.1 Å². The molecule has 1 saturated heterocycles. The number of ether oxygens (including phenoxy) is 1. The molecule has 2 heterocycles. The first-order valence-corrected chi connectivity index (χ1v) is 6.84. The summed E-state index contributed by atoms with van der Waals surface area (Å²) in [6.07, 6.45) is 4.17. The van der Waals surface area contributed by atoms with Gasteiger partial charge in [-0.1, -0.05) is 23.4 Å². The van der Waals surface area contributed by atoms with Crippen LogP contribution in [-0.2, 0) is 0 Å². The molecule has 16 heavy (non-hydrogen) atoms. The van der Waals surface area contributed by atoms with E-state index >= 15 is 0 Å². The highest BCUT2D eigenvalue weighted by atomic mass is 35.5. The molecule has 0 amide bonds. The van der Waals surface area contributed by atoms with Crippen molar-refractivity contribution >= 4 is 23.4 Å². The maximum atomic E-state index is 5.89. The van der Waals surface area contributed by atoms with Crippen molar-refractivity contribution in [2.24, 2.45) is 0 Å². The highest BCUT2D eigenvalue weighted by Gasteiger charge is 2.15. The normalized spacial score (nSPS) is 17.4. The number of piperidine rings is 1. The Balaban J connectivity index is 2.04.